The Morgan fingerprint density at radius 1 is 0.714 bits per heavy atom. The van der Waals surface area contributed by atoms with Gasteiger partial charge in [-0.15, -0.1) is 0 Å². The summed E-state index contributed by atoms with van der Waals surface area (Å²) in [6.07, 6.45) is 2.96. The summed E-state index contributed by atoms with van der Waals surface area (Å²) in [7, 11) is -1.76. The van der Waals surface area contributed by atoms with Crippen LogP contribution in [0.3, 0.4) is 0 Å². The van der Waals surface area contributed by atoms with Crippen LogP contribution in [0.4, 0.5) is 0 Å². The van der Waals surface area contributed by atoms with Crippen molar-refractivity contribution in [2.75, 3.05) is 12.8 Å². The highest BCUT2D eigenvalue weighted by Crippen LogP contribution is 2.55. The normalized spacial score (nSPS) is 10.8. The highest BCUT2D eigenvalue weighted by atomic mass is 79.9. The Hall–Kier alpha value is -1.96. The van der Waals surface area contributed by atoms with Gasteiger partial charge in [0, 0.05) is 6.92 Å². The van der Waals surface area contributed by atoms with Crippen molar-refractivity contribution in [1.29, 1.82) is 0 Å². The molecule has 0 fully saturated rings. The molecule has 0 bridgehead atoms. The minimum Gasteiger partial charge on any atom is -1.00 e. The monoisotopic (exact) mass is 456 g/mol. The number of carbonyl (C=O) groups excluding carboxylic acids is 1. The highest BCUT2D eigenvalue weighted by Gasteiger charge is 2.44. The Labute approximate surface area is 179 Å². The van der Waals surface area contributed by atoms with Crippen LogP contribution in [0.5, 0.6) is 0 Å². The molecular weight excluding hydrogens is 431 g/mol. The molecule has 0 saturated carbocycles. The zero-order valence-electron chi connectivity index (χ0n) is 16.1. The van der Waals surface area contributed by atoms with Crippen LogP contribution >= 0.6 is 7.26 Å². The van der Waals surface area contributed by atoms with Gasteiger partial charge in [0.1, 0.15) is 23.2 Å². The molecule has 3 rings (SSSR count). The quantitative estimate of drug-likeness (QED) is 0.290. The molecule has 0 aliphatic carbocycles. The van der Waals surface area contributed by atoms with Gasteiger partial charge in [-0.2, -0.15) is 0 Å². The Kier molecular flexibility index (Phi) is 8.89. The van der Waals surface area contributed by atoms with Gasteiger partial charge in [0.2, 0.25) is 0 Å². The van der Waals surface area contributed by atoms with Crippen LogP contribution in [0.2, 0.25) is 0 Å². The predicted octanol–water partition coefficient (Wildman–Crippen LogP) is 1.33. The van der Waals surface area contributed by atoms with Crippen molar-refractivity contribution in [1.82, 2.24) is 0 Å². The van der Waals surface area contributed by atoms with Crippen molar-refractivity contribution in [3.8, 4) is 0 Å². The SMILES string of the molecule is CC(=O)OCCCC[P+](c1ccccc1)(c1ccccc1)c1ccccc1.[Br-]. The molecule has 0 saturated heterocycles. The Morgan fingerprint density at radius 2 is 1.11 bits per heavy atom. The van der Waals surface area contributed by atoms with Gasteiger partial charge in [0.05, 0.1) is 12.8 Å². The maximum atomic E-state index is 11.1. The lowest BCUT2D eigenvalue weighted by Gasteiger charge is -2.27. The molecule has 4 heteroatoms. The van der Waals surface area contributed by atoms with Crippen molar-refractivity contribution in [2.45, 2.75) is 19.8 Å². The molecule has 0 radical (unpaired) electrons. The molecule has 0 aromatic heterocycles. The zero-order valence-corrected chi connectivity index (χ0v) is 18.6. The number of unbranched alkanes of at least 4 members (excludes halogenated alkanes) is 1. The molecule has 0 N–H and O–H groups in total. The van der Waals surface area contributed by atoms with Gasteiger partial charge in [0.15, 0.2) is 0 Å². The summed E-state index contributed by atoms with van der Waals surface area (Å²) < 4.78 is 5.15. The van der Waals surface area contributed by atoms with E-state index in [-0.39, 0.29) is 23.0 Å². The number of esters is 1. The van der Waals surface area contributed by atoms with E-state index >= 15 is 0 Å². The summed E-state index contributed by atoms with van der Waals surface area (Å²) in [5, 5.41) is 4.19. The molecule has 0 aliphatic rings. The third kappa shape index (κ3) is 5.31. The first-order chi connectivity index (χ1) is 13.2. The van der Waals surface area contributed by atoms with E-state index in [9.17, 15) is 4.79 Å². The number of ether oxygens (including phenoxy) is 1. The molecule has 146 valence electrons. The third-order valence-electron chi connectivity index (χ3n) is 4.78. The van der Waals surface area contributed by atoms with Crippen LogP contribution in [0, 0.1) is 0 Å². The molecule has 0 aliphatic heterocycles. The van der Waals surface area contributed by atoms with E-state index < -0.39 is 7.26 Å². The average Bonchev–Trinajstić information content (AvgIpc) is 2.73. The summed E-state index contributed by atoms with van der Waals surface area (Å²) in [5.74, 6) is -0.203. The second kappa shape index (κ2) is 11.1. The summed E-state index contributed by atoms with van der Waals surface area (Å²) in [6, 6.07) is 32.6. The number of hydrogen-bond acceptors (Lipinski definition) is 2. The van der Waals surface area contributed by atoms with Crippen molar-refractivity contribution in [2.24, 2.45) is 0 Å². The highest BCUT2D eigenvalue weighted by molar-refractivity contribution is 7.95. The van der Waals surface area contributed by atoms with Gasteiger partial charge in [0.25, 0.3) is 0 Å². The van der Waals surface area contributed by atoms with Crippen molar-refractivity contribution < 1.29 is 26.5 Å². The first-order valence-corrected chi connectivity index (χ1v) is 11.4. The standard InChI is InChI=1S/C24H26O2P.BrH/c1-21(25)26-19-11-12-20-27(22-13-5-2-6-14-22,23-15-7-3-8-16-23)24-17-9-4-10-18-24;/h2-10,13-18H,11-12,19-20H2,1H3;1H/q+1;/p-1. The minimum absolute atomic E-state index is 0. The van der Waals surface area contributed by atoms with Gasteiger partial charge >= 0.3 is 5.97 Å². The molecule has 3 aromatic rings. The Morgan fingerprint density at radius 3 is 1.46 bits per heavy atom. The van der Waals surface area contributed by atoms with Crippen LogP contribution in [-0.2, 0) is 9.53 Å². The van der Waals surface area contributed by atoms with Crippen LogP contribution in [0.25, 0.3) is 0 Å². The number of benzene rings is 3. The van der Waals surface area contributed by atoms with E-state index in [1.165, 1.54) is 22.8 Å². The van der Waals surface area contributed by atoms with Crippen molar-refractivity contribution in [3.05, 3.63) is 91.0 Å². The van der Waals surface area contributed by atoms with Crippen LogP contribution < -0.4 is 32.9 Å². The number of hydrogen-bond donors (Lipinski definition) is 0. The summed E-state index contributed by atoms with van der Waals surface area (Å²) in [5.41, 5.74) is 0. The summed E-state index contributed by atoms with van der Waals surface area (Å²) in [6.45, 7) is 1.96. The van der Waals surface area contributed by atoms with E-state index in [4.69, 9.17) is 4.74 Å². The van der Waals surface area contributed by atoms with Crippen molar-refractivity contribution >= 4 is 29.1 Å². The first kappa shape index (κ1) is 22.3. The number of rotatable bonds is 8. The molecule has 0 atom stereocenters. The molecular formula is C24H26BrO2P. The fraction of sp³-hybridized carbons (Fsp3) is 0.208. The van der Waals surface area contributed by atoms with E-state index in [0.717, 1.165) is 19.0 Å². The molecule has 28 heavy (non-hydrogen) atoms. The molecule has 3 aromatic carbocycles. The minimum atomic E-state index is -1.76. The lowest BCUT2D eigenvalue weighted by molar-refractivity contribution is -0.141. The van der Waals surface area contributed by atoms with E-state index in [2.05, 4.69) is 91.0 Å². The molecule has 2 nitrogen and oxygen atoms in total. The molecule has 0 heterocycles. The van der Waals surface area contributed by atoms with E-state index in [1.807, 2.05) is 0 Å². The van der Waals surface area contributed by atoms with E-state index in [1.54, 1.807) is 0 Å². The maximum Gasteiger partial charge on any atom is 0.302 e. The molecule has 0 spiro atoms. The van der Waals surface area contributed by atoms with E-state index in [0.29, 0.717) is 6.61 Å². The number of carbonyl (C=O) groups is 1. The average molecular weight is 457 g/mol. The Balaban J connectivity index is 0.00000280. The van der Waals surface area contributed by atoms with Gasteiger partial charge < -0.3 is 21.7 Å². The topological polar surface area (TPSA) is 26.3 Å². The fourth-order valence-corrected chi connectivity index (χ4v) is 7.96. The third-order valence-corrected chi connectivity index (χ3v) is 9.31. The smallest absolute Gasteiger partial charge is 0.302 e. The lowest BCUT2D eigenvalue weighted by atomic mass is 10.3. The van der Waals surface area contributed by atoms with Crippen LogP contribution in [0.15, 0.2) is 91.0 Å². The van der Waals surface area contributed by atoms with Gasteiger partial charge in [-0.1, -0.05) is 54.6 Å². The summed E-state index contributed by atoms with van der Waals surface area (Å²) >= 11 is 0. The van der Waals surface area contributed by atoms with Gasteiger partial charge in [-0.25, -0.2) is 0 Å². The summed E-state index contributed by atoms with van der Waals surface area (Å²) in [4.78, 5) is 11.1. The molecule has 0 amide bonds. The number of halogens is 1. The maximum absolute atomic E-state index is 11.1. The predicted molar refractivity (Wildman–Crippen MR) is 116 cm³/mol. The van der Waals surface area contributed by atoms with Gasteiger partial charge in [-0.3, -0.25) is 4.79 Å². The second-order valence-corrected chi connectivity index (χ2v) is 10.2. The first-order valence-electron chi connectivity index (χ1n) is 9.42. The largest absolute Gasteiger partial charge is 1.00 e. The zero-order chi connectivity index (χ0) is 19.0. The van der Waals surface area contributed by atoms with Gasteiger partial charge in [-0.05, 0) is 49.2 Å². The second-order valence-electron chi connectivity index (χ2n) is 6.59. The molecule has 0 unspecified atom stereocenters. The van der Waals surface area contributed by atoms with Crippen molar-refractivity contribution in [3.63, 3.8) is 0 Å². The van der Waals surface area contributed by atoms with Crippen LogP contribution in [0.1, 0.15) is 19.8 Å². The van der Waals surface area contributed by atoms with Crippen LogP contribution in [-0.4, -0.2) is 18.7 Å². The lowest BCUT2D eigenvalue weighted by Crippen LogP contribution is -3.00. The fourth-order valence-electron chi connectivity index (χ4n) is 3.55. The Bertz CT molecular complexity index is 742.